The molecule has 3 N–H and O–H groups in total. The van der Waals surface area contributed by atoms with Crippen LogP contribution in [0.5, 0.6) is 0 Å². The first-order valence-corrected chi connectivity index (χ1v) is 5.68. The van der Waals surface area contributed by atoms with Gasteiger partial charge in [0.15, 0.2) is 0 Å². The number of hydrogen-bond acceptors (Lipinski definition) is 2. The smallest absolute Gasteiger partial charge is 0.332 e. The Morgan fingerprint density at radius 1 is 1.67 bits per heavy atom. The first-order valence-electron chi connectivity index (χ1n) is 5.68. The van der Waals surface area contributed by atoms with Crippen LogP contribution >= 0.6 is 0 Å². The summed E-state index contributed by atoms with van der Waals surface area (Å²) >= 11 is 0. The van der Waals surface area contributed by atoms with Gasteiger partial charge < -0.3 is 5.73 Å². The zero-order chi connectivity index (χ0) is 11.3. The van der Waals surface area contributed by atoms with Gasteiger partial charge in [0.05, 0.1) is 0 Å². The summed E-state index contributed by atoms with van der Waals surface area (Å²) in [4.78, 5) is 10.5. The van der Waals surface area contributed by atoms with E-state index < -0.39 is 6.03 Å². The van der Waals surface area contributed by atoms with Crippen molar-refractivity contribution in [2.75, 3.05) is 0 Å². The Kier molecular flexibility index (Phi) is 4.59. The number of primary amides is 1. The molecule has 1 unspecified atom stereocenters. The van der Waals surface area contributed by atoms with Crippen molar-refractivity contribution in [2.45, 2.75) is 46.0 Å². The Hall–Kier alpha value is -1.06. The van der Waals surface area contributed by atoms with Gasteiger partial charge in [-0.1, -0.05) is 13.8 Å². The van der Waals surface area contributed by atoms with E-state index in [1.165, 1.54) is 19.3 Å². The molecule has 0 aromatic rings. The third-order valence-electron chi connectivity index (χ3n) is 2.73. The minimum absolute atomic E-state index is 0.575. The number of rotatable bonds is 3. The number of urea groups is 1. The molecular weight excluding hydrogens is 190 g/mol. The van der Waals surface area contributed by atoms with Crippen LogP contribution in [0.3, 0.4) is 0 Å². The quantitative estimate of drug-likeness (QED) is 0.691. The number of nitrogens with zero attached hydrogens (tertiary/aromatic N) is 1. The molecule has 0 bridgehead atoms. The average Bonchev–Trinajstić information content (AvgIpc) is 2.14. The van der Waals surface area contributed by atoms with E-state index in [1.54, 1.807) is 0 Å². The maximum Gasteiger partial charge on any atom is 0.332 e. The fourth-order valence-electron chi connectivity index (χ4n) is 2.24. The minimum atomic E-state index is -0.575. The standard InChI is InChI=1S/C11H21N3O/c1-8(2)6-9-4-3-5-10(7-9)13-14-11(12)15/h8-9H,3-7H2,1-2H3,(H3,12,14,15). The third-order valence-corrected chi connectivity index (χ3v) is 2.73. The number of amides is 2. The molecule has 1 aliphatic rings. The van der Waals surface area contributed by atoms with Gasteiger partial charge in [0, 0.05) is 5.71 Å². The second-order valence-electron chi connectivity index (χ2n) is 4.75. The fourth-order valence-corrected chi connectivity index (χ4v) is 2.24. The lowest BCUT2D eigenvalue weighted by molar-refractivity contribution is 0.249. The van der Waals surface area contributed by atoms with Crippen molar-refractivity contribution in [2.24, 2.45) is 22.7 Å². The number of hydrazone groups is 1. The first-order chi connectivity index (χ1) is 7.08. The van der Waals surface area contributed by atoms with Gasteiger partial charge in [-0.25, -0.2) is 10.2 Å². The van der Waals surface area contributed by atoms with E-state index >= 15 is 0 Å². The molecule has 0 aliphatic heterocycles. The van der Waals surface area contributed by atoms with Crippen molar-refractivity contribution in [3.8, 4) is 0 Å². The van der Waals surface area contributed by atoms with E-state index in [9.17, 15) is 4.79 Å². The summed E-state index contributed by atoms with van der Waals surface area (Å²) in [6, 6.07) is -0.575. The van der Waals surface area contributed by atoms with Crippen molar-refractivity contribution in [3.63, 3.8) is 0 Å². The van der Waals surface area contributed by atoms with E-state index in [1.807, 2.05) is 0 Å². The molecule has 1 saturated carbocycles. The summed E-state index contributed by atoms with van der Waals surface area (Å²) in [5.41, 5.74) is 8.37. The largest absolute Gasteiger partial charge is 0.350 e. The molecule has 0 saturated heterocycles. The Labute approximate surface area is 91.3 Å². The molecule has 0 aromatic carbocycles. The highest BCUT2D eigenvalue weighted by molar-refractivity contribution is 5.86. The van der Waals surface area contributed by atoms with Crippen molar-refractivity contribution in [1.29, 1.82) is 0 Å². The van der Waals surface area contributed by atoms with Crippen LogP contribution in [0.2, 0.25) is 0 Å². The van der Waals surface area contributed by atoms with Crippen LogP contribution in [0.15, 0.2) is 5.10 Å². The number of nitrogens with two attached hydrogens (primary N) is 1. The van der Waals surface area contributed by atoms with Gasteiger partial charge >= 0.3 is 6.03 Å². The third kappa shape index (κ3) is 4.81. The topological polar surface area (TPSA) is 67.5 Å². The molecule has 1 fully saturated rings. The maximum atomic E-state index is 10.5. The molecule has 0 aromatic heterocycles. The number of hydrogen-bond donors (Lipinski definition) is 2. The molecule has 4 nitrogen and oxygen atoms in total. The van der Waals surface area contributed by atoms with Crippen LogP contribution in [0, 0.1) is 11.8 Å². The molecule has 0 radical (unpaired) electrons. The molecule has 0 spiro atoms. The van der Waals surface area contributed by atoms with E-state index in [4.69, 9.17) is 5.73 Å². The second kappa shape index (κ2) is 5.73. The molecule has 4 heteroatoms. The predicted molar refractivity (Wildman–Crippen MR) is 61.6 cm³/mol. The summed E-state index contributed by atoms with van der Waals surface area (Å²) in [5.74, 6) is 1.46. The summed E-state index contributed by atoms with van der Waals surface area (Å²) in [6.45, 7) is 4.49. The lowest BCUT2D eigenvalue weighted by Crippen LogP contribution is -2.27. The lowest BCUT2D eigenvalue weighted by Gasteiger charge is -2.24. The normalized spacial score (nSPS) is 24.5. The van der Waals surface area contributed by atoms with Gasteiger partial charge in [-0.3, -0.25) is 0 Å². The second-order valence-corrected chi connectivity index (χ2v) is 4.75. The van der Waals surface area contributed by atoms with Gasteiger partial charge in [0.2, 0.25) is 0 Å². The molecule has 1 aliphatic carbocycles. The van der Waals surface area contributed by atoms with Crippen LogP contribution < -0.4 is 11.2 Å². The molecule has 86 valence electrons. The average molecular weight is 211 g/mol. The van der Waals surface area contributed by atoms with Crippen LogP contribution in [0.4, 0.5) is 4.79 Å². The van der Waals surface area contributed by atoms with Gasteiger partial charge in [0.25, 0.3) is 0 Å². The Morgan fingerprint density at radius 3 is 3.00 bits per heavy atom. The molecular formula is C11H21N3O. The Balaban J connectivity index is 2.41. The summed E-state index contributed by atoms with van der Waals surface area (Å²) in [5, 5.41) is 4.03. The van der Waals surface area contributed by atoms with Crippen LogP contribution in [0.25, 0.3) is 0 Å². The molecule has 1 atom stereocenters. The van der Waals surface area contributed by atoms with Crippen molar-refractivity contribution in [3.05, 3.63) is 0 Å². The summed E-state index contributed by atoms with van der Waals surface area (Å²) in [7, 11) is 0. The van der Waals surface area contributed by atoms with Crippen molar-refractivity contribution in [1.82, 2.24) is 5.43 Å². The zero-order valence-corrected chi connectivity index (χ0v) is 9.62. The Morgan fingerprint density at radius 2 is 2.40 bits per heavy atom. The lowest BCUT2D eigenvalue weighted by atomic mass is 9.83. The highest BCUT2D eigenvalue weighted by atomic mass is 16.2. The van der Waals surface area contributed by atoms with Crippen LogP contribution in [-0.2, 0) is 0 Å². The monoisotopic (exact) mass is 211 g/mol. The number of carbonyl (C=O) groups excluding carboxylic acids is 1. The highest BCUT2D eigenvalue weighted by Gasteiger charge is 2.19. The van der Waals surface area contributed by atoms with E-state index in [0.29, 0.717) is 0 Å². The maximum absolute atomic E-state index is 10.5. The summed E-state index contributed by atoms with van der Waals surface area (Å²) in [6.07, 6.45) is 5.72. The SMILES string of the molecule is CC(C)CC1CCCC(=NNC(N)=O)C1. The molecule has 15 heavy (non-hydrogen) atoms. The number of carbonyl (C=O) groups is 1. The van der Waals surface area contributed by atoms with Crippen molar-refractivity contribution < 1.29 is 4.79 Å². The Bertz CT molecular complexity index is 248. The van der Waals surface area contributed by atoms with Crippen molar-refractivity contribution >= 4 is 11.7 Å². The summed E-state index contributed by atoms with van der Waals surface area (Å²) < 4.78 is 0. The van der Waals surface area contributed by atoms with E-state index in [2.05, 4.69) is 24.4 Å². The van der Waals surface area contributed by atoms with E-state index in [0.717, 1.165) is 30.4 Å². The van der Waals surface area contributed by atoms with Gasteiger partial charge in [-0.05, 0) is 43.9 Å². The van der Waals surface area contributed by atoms with E-state index in [-0.39, 0.29) is 0 Å². The minimum Gasteiger partial charge on any atom is -0.350 e. The number of nitrogens with one attached hydrogen (secondary N) is 1. The van der Waals surface area contributed by atoms with Gasteiger partial charge in [-0.2, -0.15) is 5.10 Å². The first kappa shape index (κ1) is 12.0. The van der Waals surface area contributed by atoms with Gasteiger partial charge in [-0.15, -0.1) is 0 Å². The zero-order valence-electron chi connectivity index (χ0n) is 9.62. The van der Waals surface area contributed by atoms with Crippen LogP contribution in [0.1, 0.15) is 46.0 Å². The predicted octanol–water partition coefficient (Wildman–Crippen LogP) is 2.25. The highest BCUT2D eigenvalue weighted by Crippen LogP contribution is 2.27. The molecule has 2 amide bonds. The molecule has 0 heterocycles. The van der Waals surface area contributed by atoms with Crippen LogP contribution in [-0.4, -0.2) is 11.7 Å². The fraction of sp³-hybridized carbons (Fsp3) is 0.818. The molecule has 1 rings (SSSR count). The van der Waals surface area contributed by atoms with Gasteiger partial charge in [0.1, 0.15) is 0 Å².